The highest BCUT2D eigenvalue weighted by Gasteiger charge is 2.64. The molecule has 0 unspecified atom stereocenters. The van der Waals surface area contributed by atoms with E-state index >= 15 is 0 Å². The molecule has 12 heteroatoms. The third kappa shape index (κ3) is 2.93. The van der Waals surface area contributed by atoms with Gasteiger partial charge >= 0.3 is 18.3 Å². The van der Waals surface area contributed by atoms with Crippen molar-refractivity contribution in [2.45, 2.75) is 31.7 Å². The zero-order valence-electron chi connectivity index (χ0n) is 10.0. The maximum atomic E-state index is 13.2. The molecule has 0 saturated heterocycles. The van der Waals surface area contributed by atoms with E-state index in [2.05, 4.69) is 9.84 Å². The van der Waals surface area contributed by atoms with E-state index in [0.29, 0.717) is 0 Å². The van der Waals surface area contributed by atoms with E-state index in [9.17, 15) is 39.9 Å². The van der Waals surface area contributed by atoms with Crippen molar-refractivity contribution in [3.63, 3.8) is 0 Å². The van der Waals surface area contributed by atoms with Crippen LogP contribution in [0.2, 0.25) is 0 Å². The molecule has 120 valence electrons. The SMILES string of the molecule is CCn1nc(C(F)(F)C(F)(F)F)c(C(F)(F)F)c1OC=O. The summed E-state index contributed by atoms with van der Waals surface area (Å²) in [5.74, 6) is -7.39. The van der Waals surface area contributed by atoms with Gasteiger partial charge in [-0.15, -0.1) is 0 Å². The van der Waals surface area contributed by atoms with Crippen molar-refractivity contribution in [2.24, 2.45) is 0 Å². The van der Waals surface area contributed by atoms with Crippen LogP contribution in [0.1, 0.15) is 18.2 Å². The number of carbonyl (C=O) groups is 1. The Hall–Kier alpha value is -1.88. The number of alkyl halides is 8. The van der Waals surface area contributed by atoms with Gasteiger partial charge < -0.3 is 4.74 Å². The quantitative estimate of drug-likeness (QED) is 0.631. The maximum absolute atomic E-state index is 13.2. The van der Waals surface area contributed by atoms with E-state index in [4.69, 9.17) is 0 Å². The molecular formula is C9H6F8N2O2. The van der Waals surface area contributed by atoms with Crippen molar-refractivity contribution in [1.29, 1.82) is 0 Å². The molecular weight excluding hydrogens is 320 g/mol. The van der Waals surface area contributed by atoms with Crippen molar-refractivity contribution >= 4 is 6.47 Å². The van der Waals surface area contributed by atoms with Gasteiger partial charge in [0.2, 0.25) is 5.88 Å². The van der Waals surface area contributed by atoms with E-state index in [1.807, 2.05) is 0 Å². The van der Waals surface area contributed by atoms with Gasteiger partial charge in [-0.25, -0.2) is 4.68 Å². The predicted octanol–water partition coefficient (Wildman–Crippen LogP) is 3.11. The molecule has 21 heavy (non-hydrogen) atoms. The zero-order valence-corrected chi connectivity index (χ0v) is 10.0. The van der Waals surface area contributed by atoms with Gasteiger partial charge in [0, 0.05) is 6.54 Å². The Morgan fingerprint density at radius 1 is 1.14 bits per heavy atom. The van der Waals surface area contributed by atoms with Crippen molar-refractivity contribution in [2.75, 3.05) is 0 Å². The van der Waals surface area contributed by atoms with E-state index in [1.54, 1.807) is 0 Å². The standard InChI is InChI=1S/C9H6F8N2O2/c1-2-19-6(21-3-20)4(8(12,13)14)5(18-19)7(10,11)9(15,16)17/h3H,2H2,1H3. The predicted molar refractivity (Wildman–Crippen MR) is 49.5 cm³/mol. The van der Waals surface area contributed by atoms with Crippen molar-refractivity contribution in [1.82, 2.24) is 9.78 Å². The number of aromatic nitrogens is 2. The van der Waals surface area contributed by atoms with Crippen LogP contribution in [0.15, 0.2) is 0 Å². The Labute approximate surface area is 111 Å². The molecule has 4 nitrogen and oxygen atoms in total. The molecule has 0 radical (unpaired) electrons. The minimum absolute atomic E-state index is 0.0895. The lowest BCUT2D eigenvalue weighted by molar-refractivity contribution is -0.292. The average Bonchev–Trinajstić information content (AvgIpc) is 2.67. The first kappa shape index (κ1) is 17.2. The second kappa shape index (κ2) is 5.15. The lowest BCUT2D eigenvalue weighted by atomic mass is 10.1. The zero-order chi connectivity index (χ0) is 16.6. The third-order valence-electron chi connectivity index (χ3n) is 2.30. The number of ether oxygens (including phenoxy) is 1. The van der Waals surface area contributed by atoms with E-state index in [1.165, 1.54) is 0 Å². The molecule has 0 aromatic carbocycles. The molecule has 0 aliphatic heterocycles. The van der Waals surface area contributed by atoms with Gasteiger partial charge in [-0.3, -0.25) is 4.79 Å². The van der Waals surface area contributed by atoms with Crippen LogP contribution in [0.3, 0.4) is 0 Å². The highest BCUT2D eigenvalue weighted by atomic mass is 19.4. The summed E-state index contributed by atoms with van der Waals surface area (Å²) >= 11 is 0. The first-order chi connectivity index (χ1) is 9.37. The topological polar surface area (TPSA) is 44.1 Å². The fourth-order valence-corrected chi connectivity index (χ4v) is 1.44. The third-order valence-corrected chi connectivity index (χ3v) is 2.30. The van der Waals surface area contributed by atoms with Gasteiger partial charge in [0.15, 0.2) is 5.69 Å². The first-order valence-electron chi connectivity index (χ1n) is 5.11. The Morgan fingerprint density at radius 2 is 1.67 bits per heavy atom. The van der Waals surface area contributed by atoms with Crippen LogP contribution in [-0.4, -0.2) is 22.4 Å². The van der Waals surface area contributed by atoms with E-state index in [-0.39, 0.29) is 4.68 Å². The molecule has 1 aromatic rings. The normalized spacial score (nSPS) is 13.4. The largest absolute Gasteiger partial charge is 0.459 e. The first-order valence-corrected chi connectivity index (χ1v) is 5.11. The fourth-order valence-electron chi connectivity index (χ4n) is 1.44. The number of hydrogen-bond donors (Lipinski definition) is 0. The van der Waals surface area contributed by atoms with Gasteiger partial charge in [0.25, 0.3) is 6.47 Å². The highest BCUT2D eigenvalue weighted by Crippen LogP contribution is 2.50. The van der Waals surface area contributed by atoms with Gasteiger partial charge in [0.1, 0.15) is 5.56 Å². The summed E-state index contributed by atoms with van der Waals surface area (Å²) in [6.07, 6.45) is -11.9. The maximum Gasteiger partial charge on any atom is 0.459 e. The van der Waals surface area contributed by atoms with Crippen molar-refractivity contribution in [3.05, 3.63) is 11.3 Å². The smallest absolute Gasteiger partial charge is 0.409 e. The summed E-state index contributed by atoms with van der Waals surface area (Å²) < 4.78 is 105. The summed E-state index contributed by atoms with van der Waals surface area (Å²) in [5.41, 5.74) is -5.01. The number of carbonyl (C=O) groups excluding carboxylic acids is 1. The van der Waals surface area contributed by atoms with Crippen LogP contribution >= 0.6 is 0 Å². The van der Waals surface area contributed by atoms with Gasteiger partial charge in [-0.2, -0.15) is 40.2 Å². The van der Waals surface area contributed by atoms with Crippen LogP contribution in [0, 0.1) is 0 Å². The minimum Gasteiger partial charge on any atom is -0.409 e. The molecule has 0 N–H and O–H groups in total. The van der Waals surface area contributed by atoms with E-state index in [0.717, 1.165) is 6.92 Å². The fraction of sp³-hybridized carbons (Fsp3) is 0.556. The Morgan fingerprint density at radius 3 is 2.00 bits per heavy atom. The Kier molecular flexibility index (Phi) is 4.21. The van der Waals surface area contributed by atoms with Crippen LogP contribution in [0.4, 0.5) is 35.1 Å². The van der Waals surface area contributed by atoms with Crippen molar-refractivity contribution < 1.29 is 44.7 Å². The Bertz CT molecular complexity index is 531. The molecule has 0 amide bonds. The van der Waals surface area contributed by atoms with Crippen LogP contribution in [-0.2, 0) is 23.4 Å². The number of rotatable bonds is 4. The van der Waals surface area contributed by atoms with Crippen LogP contribution < -0.4 is 4.74 Å². The molecule has 0 aliphatic carbocycles. The molecule has 0 bridgehead atoms. The summed E-state index contributed by atoms with van der Waals surface area (Å²) in [7, 11) is 0. The summed E-state index contributed by atoms with van der Waals surface area (Å²) in [6, 6.07) is 0. The summed E-state index contributed by atoms with van der Waals surface area (Å²) in [6.45, 7) is 0.0500. The highest BCUT2D eigenvalue weighted by molar-refractivity contribution is 5.48. The minimum atomic E-state index is -6.29. The molecule has 0 fully saturated rings. The van der Waals surface area contributed by atoms with Gasteiger partial charge in [-0.1, -0.05) is 0 Å². The van der Waals surface area contributed by atoms with Gasteiger partial charge in [-0.05, 0) is 6.92 Å². The summed E-state index contributed by atoms with van der Waals surface area (Å²) in [5, 5.41) is 2.59. The number of nitrogens with zero attached hydrogens (tertiary/aromatic N) is 2. The van der Waals surface area contributed by atoms with Crippen LogP contribution in [0.25, 0.3) is 0 Å². The van der Waals surface area contributed by atoms with Crippen LogP contribution in [0.5, 0.6) is 5.88 Å². The monoisotopic (exact) mass is 326 g/mol. The number of halogens is 8. The molecule has 0 aliphatic rings. The lowest BCUT2D eigenvalue weighted by Gasteiger charge is -2.19. The second-order valence-corrected chi connectivity index (χ2v) is 3.63. The van der Waals surface area contributed by atoms with Crippen molar-refractivity contribution in [3.8, 4) is 5.88 Å². The Balaban J connectivity index is 3.71. The second-order valence-electron chi connectivity index (χ2n) is 3.63. The molecule has 0 saturated carbocycles. The number of hydrogen-bond acceptors (Lipinski definition) is 3. The van der Waals surface area contributed by atoms with E-state index < -0.39 is 48.4 Å². The molecule has 0 atom stereocenters. The average molecular weight is 326 g/mol. The molecule has 1 heterocycles. The summed E-state index contributed by atoms with van der Waals surface area (Å²) in [4.78, 5) is 10.1. The molecule has 1 rings (SSSR count). The molecule has 0 spiro atoms. The molecule has 1 aromatic heterocycles. The lowest BCUT2D eigenvalue weighted by Crippen LogP contribution is -2.36. The van der Waals surface area contributed by atoms with Gasteiger partial charge in [0.05, 0.1) is 0 Å². The number of aryl methyl sites for hydroxylation is 1.